The third-order valence-electron chi connectivity index (χ3n) is 7.02. The van der Waals surface area contributed by atoms with Gasteiger partial charge in [-0.3, -0.25) is 4.79 Å². The minimum Gasteiger partial charge on any atom is -0.355 e. The average Bonchev–Trinajstić information content (AvgIpc) is 3.16. The summed E-state index contributed by atoms with van der Waals surface area (Å²) in [5, 5.41) is 15.9. The highest BCUT2D eigenvalue weighted by molar-refractivity contribution is 5.85. The highest BCUT2D eigenvalue weighted by Gasteiger charge is 2.40. The molecule has 2 bridgehead atoms. The highest BCUT2D eigenvalue weighted by atomic mass is 35.5. The molecule has 29 heavy (non-hydrogen) atoms. The van der Waals surface area contributed by atoms with Gasteiger partial charge in [-0.15, -0.1) is 27.7 Å². The number of nitrogens with zero attached hydrogens (tertiary/aromatic N) is 5. The summed E-state index contributed by atoms with van der Waals surface area (Å²) in [6, 6.07) is 4.58. The number of carbonyl (C=O) groups excluding carboxylic acids is 1. The Morgan fingerprint density at radius 2 is 1.83 bits per heavy atom. The zero-order valence-corrected chi connectivity index (χ0v) is 17.4. The molecule has 2 aliphatic carbocycles. The van der Waals surface area contributed by atoms with Crippen LogP contribution in [0.2, 0.25) is 0 Å². The van der Waals surface area contributed by atoms with Gasteiger partial charge < -0.3 is 16.0 Å². The van der Waals surface area contributed by atoms with E-state index in [2.05, 4.69) is 25.5 Å². The molecule has 8 nitrogen and oxygen atoms in total. The van der Waals surface area contributed by atoms with Gasteiger partial charge in [-0.25, -0.2) is 0 Å². The molecular formula is C20H30ClN7O. The standard InChI is InChI=1S/C20H29N7O.ClH/c21-16-10-14-2-1-3-15(11-16)19(14)23-20(28)13-6-8-26(9-7-13)18-5-4-17-24-22-12-27(17)25-18;/h4-5,12-16,19H,1-3,6-11,21H2,(H,23,28);1H. The molecule has 0 aromatic carbocycles. The number of carbonyl (C=O) groups is 1. The summed E-state index contributed by atoms with van der Waals surface area (Å²) in [5.41, 5.74) is 6.97. The number of anilines is 1. The lowest BCUT2D eigenvalue weighted by Gasteiger charge is -2.45. The van der Waals surface area contributed by atoms with Crippen molar-refractivity contribution >= 4 is 29.8 Å². The second kappa shape index (κ2) is 8.44. The van der Waals surface area contributed by atoms with Crippen molar-refractivity contribution in [3.63, 3.8) is 0 Å². The summed E-state index contributed by atoms with van der Waals surface area (Å²) in [5.74, 6) is 2.42. The van der Waals surface area contributed by atoms with Gasteiger partial charge >= 0.3 is 0 Å². The molecule has 3 N–H and O–H groups in total. The molecule has 0 radical (unpaired) electrons. The number of hydrogen-bond acceptors (Lipinski definition) is 6. The van der Waals surface area contributed by atoms with E-state index in [0.29, 0.717) is 23.9 Å². The monoisotopic (exact) mass is 419 g/mol. The van der Waals surface area contributed by atoms with Gasteiger partial charge in [0, 0.05) is 31.1 Å². The Bertz CT molecular complexity index is 836. The van der Waals surface area contributed by atoms with Crippen molar-refractivity contribution in [1.29, 1.82) is 0 Å². The Morgan fingerprint density at radius 1 is 1.10 bits per heavy atom. The molecule has 1 amide bonds. The summed E-state index contributed by atoms with van der Waals surface area (Å²) in [6.07, 6.45) is 9.21. The Morgan fingerprint density at radius 3 is 2.55 bits per heavy atom. The molecule has 2 atom stereocenters. The molecule has 3 fully saturated rings. The van der Waals surface area contributed by atoms with Crippen LogP contribution in [0.15, 0.2) is 18.5 Å². The number of nitrogens with one attached hydrogen (secondary N) is 1. The number of halogens is 1. The molecule has 1 saturated heterocycles. The maximum absolute atomic E-state index is 13.0. The zero-order valence-electron chi connectivity index (χ0n) is 16.6. The minimum atomic E-state index is 0. The predicted molar refractivity (Wildman–Crippen MR) is 113 cm³/mol. The molecule has 1 aliphatic heterocycles. The van der Waals surface area contributed by atoms with E-state index in [0.717, 1.165) is 50.2 Å². The lowest BCUT2D eigenvalue weighted by Crippen LogP contribution is -2.55. The lowest BCUT2D eigenvalue weighted by atomic mass is 9.67. The number of aromatic nitrogens is 4. The fraction of sp³-hybridized carbons (Fsp3) is 0.700. The van der Waals surface area contributed by atoms with Crippen LogP contribution >= 0.6 is 12.4 Å². The molecular weight excluding hydrogens is 390 g/mol. The van der Waals surface area contributed by atoms with Gasteiger partial charge in [0.2, 0.25) is 5.91 Å². The van der Waals surface area contributed by atoms with E-state index in [-0.39, 0.29) is 24.2 Å². The minimum absolute atomic E-state index is 0. The van der Waals surface area contributed by atoms with Crippen LogP contribution in [0.5, 0.6) is 0 Å². The number of piperidine rings is 1. The normalized spacial score (nSPS) is 30.0. The number of amides is 1. The quantitative estimate of drug-likeness (QED) is 0.786. The Labute approximate surface area is 177 Å². The van der Waals surface area contributed by atoms with Crippen molar-refractivity contribution in [3.8, 4) is 0 Å². The average molecular weight is 420 g/mol. The van der Waals surface area contributed by atoms with Gasteiger partial charge in [0.15, 0.2) is 5.65 Å². The summed E-state index contributed by atoms with van der Waals surface area (Å²) < 4.78 is 1.70. The maximum Gasteiger partial charge on any atom is 0.223 e. The van der Waals surface area contributed by atoms with Gasteiger partial charge in [0.1, 0.15) is 12.1 Å². The second-order valence-electron chi connectivity index (χ2n) is 8.80. The van der Waals surface area contributed by atoms with Crippen LogP contribution in [0.4, 0.5) is 5.82 Å². The van der Waals surface area contributed by atoms with E-state index in [1.165, 1.54) is 19.3 Å². The van der Waals surface area contributed by atoms with Crippen LogP contribution in [0.1, 0.15) is 44.9 Å². The third-order valence-corrected chi connectivity index (χ3v) is 7.02. The highest BCUT2D eigenvalue weighted by Crippen LogP contribution is 2.40. The summed E-state index contributed by atoms with van der Waals surface area (Å²) in [4.78, 5) is 15.2. The van der Waals surface area contributed by atoms with Gasteiger partial charge in [-0.05, 0) is 62.5 Å². The predicted octanol–water partition coefficient (Wildman–Crippen LogP) is 1.78. The van der Waals surface area contributed by atoms with Crippen LogP contribution in [0.25, 0.3) is 5.65 Å². The molecule has 0 spiro atoms. The van der Waals surface area contributed by atoms with E-state index >= 15 is 0 Å². The smallest absolute Gasteiger partial charge is 0.223 e. The fourth-order valence-electron chi connectivity index (χ4n) is 5.56. The molecule has 158 valence electrons. The first kappa shape index (κ1) is 20.3. The zero-order chi connectivity index (χ0) is 19.1. The fourth-order valence-corrected chi connectivity index (χ4v) is 5.56. The Kier molecular flexibility index (Phi) is 5.92. The number of fused-ring (bicyclic) bond motifs is 3. The van der Waals surface area contributed by atoms with Crippen LogP contribution in [0, 0.1) is 17.8 Å². The molecule has 3 heterocycles. The molecule has 3 aliphatic rings. The van der Waals surface area contributed by atoms with Crippen LogP contribution in [-0.2, 0) is 4.79 Å². The summed E-state index contributed by atoms with van der Waals surface area (Å²) in [6.45, 7) is 1.70. The van der Waals surface area contributed by atoms with E-state index in [1.54, 1.807) is 10.8 Å². The molecule has 2 aromatic rings. The Balaban J connectivity index is 0.00000205. The van der Waals surface area contributed by atoms with Gasteiger partial charge in [0.05, 0.1) is 0 Å². The summed E-state index contributed by atoms with van der Waals surface area (Å²) >= 11 is 0. The maximum atomic E-state index is 13.0. The first-order valence-electron chi connectivity index (χ1n) is 10.7. The molecule has 2 saturated carbocycles. The van der Waals surface area contributed by atoms with Crippen LogP contribution in [0.3, 0.4) is 0 Å². The molecule has 9 heteroatoms. The van der Waals surface area contributed by atoms with Crippen molar-refractivity contribution in [3.05, 3.63) is 18.5 Å². The van der Waals surface area contributed by atoms with Crippen LogP contribution in [-0.4, -0.2) is 50.9 Å². The molecule has 2 unspecified atom stereocenters. The first-order chi connectivity index (χ1) is 13.7. The second-order valence-corrected chi connectivity index (χ2v) is 8.80. The third kappa shape index (κ3) is 4.05. The van der Waals surface area contributed by atoms with Gasteiger partial charge in [-0.1, -0.05) is 6.42 Å². The topological polar surface area (TPSA) is 101 Å². The van der Waals surface area contributed by atoms with E-state index in [1.807, 2.05) is 12.1 Å². The molecule has 2 aromatic heterocycles. The van der Waals surface area contributed by atoms with E-state index in [4.69, 9.17) is 5.73 Å². The van der Waals surface area contributed by atoms with Crippen LogP contribution < -0.4 is 16.0 Å². The number of nitrogens with two attached hydrogens (primary N) is 1. The first-order valence-corrected chi connectivity index (χ1v) is 10.7. The Hall–Kier alpha value is -1.93. The SMILES string of the molecule is Cl.NC1CC2CCCC(C1)C2NC(=O)C1CCN(c2ccc3nncn3n2)CC1. The van der Waals surface area contributed by atoms with Crippen molar-refractivity contribution in [2.24, 2.45) is 23.5 Å². The van der Waals surface area contributed by atoms with Gasteiger partial charge in [0.25, 0.3) is 0 Å². The number of hydrogen-bond donors (Lipinski definition) is 2. The van der Waals surface area contributed by atoms with Crippen molar-refractivity contribution < 1.29 is 4.79 Å². The van der Waals surface area contributed by atoms with Gasteiger partial charge in [-0.2, -0.15) is 4.52 Å². The van der Waals surface area contributed by atoms with Crippen molar-refractivity contribution in [1.82, 2.24) is 25.1 Å². The largest absolute Gasteiger partial charge is 0.355 e. The van der Waals surface area contributed by atoms with Crippen molar-refractivity contribution in [2.75, 3.05) is 18.0 Å². The molecule has 5 rings (SSSR count). The van der Waals surface area contributed by atoms with E-state index in [9.17, 15) is 4.79 Å². The number of rotatable bonds is 3. The summed E-state index contributed by atoms with van der Waals surface area (Å²) in [7, 11) is 0. The van der Waals surface area contributed by atoms with Crippen molar-refractivity contribution in [2.45, 2.75) is 57.0 Å². The lowest BCUT2D eigenvalue weighted by molar-refractivity contribution is -0.128. The van der Waals surface area contributed by atoms with E-state index < -0.39 is 0 Å².